The molecular weight excluding hydrogens is 212 g/mol. The van der Waals surface area contributed by atoms with Crippen LogP contribution in [-0.4, -0.2) is 17.3 Å². The Bertz CT molecular complexity index is 653. The zero-order valence-corrected chi connectivity index (χ0v) is 9.47. The Kier molecular flexibility index (Phi) is 2.29. The highest BCUT2D eigenvalue weighted by molar-refractivity contribution is 5.97. The van der Waals surface area contributed by atoms with Gasteiger partial charge in [-0.25, -0.2) is 5.10 Å². The third-order valence-corrected chi connectivity index (χ3v) is 2.89. The monoisotopic (exact) mass is 224 g/mol. The van der Waals surface area contributed by atoms with Crippen LogP contribution in [0.15, 0.2) is 48.7 Å². The summed E-state index contributed by atoms with van der Waals surface area (Å²) in [5.41, 5.74) is 2.12. The van der Waals surface area contributed by atoms with Gasteiger partial charge < -0.3 is 4.74 Å². The van der Waals surface area contributed by atoms with Gasteiger partial charge in [0.1, 0.15) is 0 Å². The minimum atomic E-state index is 0.696. The Morgan fingerprint density at radius 3 is 2.71 bits per heavy atom. The van der Waals surface area contributed by atoms with E-state index in [-0.39, 0.29) is 0 Å². The van der Waals surface area contributed by atoms with Crippen LogP contribution in [0.2, 0.25) is 0 Å². The topological polar surface area (TPSA) is 37.9 Å². The summed E-state index contributed by atoms with van der Waals surface area (Å²) in [4.78, 5) is 0. The van der Waals surface area contributed by atoms with E-state index in [9.17, 15) is 0 Å². The van der Waals surface area contributed by atoms with Crippen LogP contribution in [0.5, 0.6) is 5.88 Å². The summed E-state index contributed by atoms with van der Waals surface area (Å²) in [6, 6.07) is 14.5. The SMILES string of the molecule is COc1[nH]ncc1-c1cccc2ccccc12. The molecule has 1 heterocycles. The third kappa shape index (κ3) is 1.56. The summed E-state index contributed by atoms with van der Waals surface area (Å²) >= 11 is 0. The van der Waals surface area contributed by atoms with E-state index < -0.39 is 0 Å². The molecule has 1 N–H and O–H groups in total. The molecule has 0 aliphatic heterocycles. The average Bonchev–Trinajstić information content (AvgIpc) is 2.86. The van der Waals surface area contributed by atoms with Crippen molar-refractivity contribution in [1.82, 2.24) is 10.2 Å². The van der Waals surface area contributed by atoms with E-state index >= 15 is 0 Å². The molecule has 3 heteroatoms. The number of hydrogen-bond acceptors (Lipinski definition) is 2. The van der Waals surface area contributed by atoms with Crippen LogP contribution in [0, 0.1) is 0 Å². The fourth-order valence-electron chi connectivity index (χ4n) is 2.08. The van der Waals surface area contributed by atoms with Gasteiger partial charge >= 0.3 is 0 Å². The molecule has 0 atom stereocenters. The number of ether oxygens (including phenoxy) is 1. The average molecular weight is 224 g/mol. The van der Waals surface area contributed by atoms with Gasteiger partial charge in [0.15, 0.2) is 0 Å². The van der Waals surface area contributed by atoms with Gasteiger partial charge in [0.2, 0.25) is 5.88 Å². The molecule has 84 valence electrons. The van der Waals surface area contributed by atoms with Gasteiger partial charge in [-0.15, -0.1) is 0 Å². The first-order valence-electron chi connectivity index (χ1n) is 5.45. The van der Waals surface area contributed by atoms with E-state index in [1.165, 1.54) is 10.8 Å². The van der Waals surface area contributed by atoms with E-state index in [0.717, 1.165) is 11.1 Å². The molecule has 0 saturated heterocycles. The maximum absolute atomic E-state index is 5.27. The molecule has 3 rings (SSSR count). The molecule has 17 heavy (non-hydrogen) atoms. The number of aromatic amines is 1. The number of H-pyrrole nitrogens is 1. The molecule has 0 fully saturated rings. The number of rotatable bonds is 2. The van der Waals surface area contributed by atoms with Crippen molar-refractivity contribution in [3.05, 3.63) is 48.7 Å². The summed E-state index contributed by atoms with van der Waals surface area (Å²) in [6.07, 6.45) is 1.79. The van der Waals surface area contributed by atoms with Crippen molar-refractivity contribution >= 4 is 10.8 Å². The van der Waals surface area contributed by atoms with Crippen molar-refractivity contribution in [2.45, 2.75) is 0 Å². The second-order valence-corrected chi connectivity index (χ2v) is 3.84. The maximum atomic E-state index is 5.27. The van der Waals surface area contributed by atoms with E-state index in [1.807, 2.05) is 18.2 Å². The number of aromatic nitrogens is 2. The van der Waals surface area contributed by atoms with Crippen molar-refractivity contribution in [2.24, 2.45) is 0 Å². The maximum Gasteiger partial charge on any atom is 0.216 e. The Morgan fingerprint density at radius 2 is 1.82 bits per heavy atom. The van der Waals surface area contributed by atoms with E-state index in [4.69, 9.17) is 4.74 Å². The predicted octanol–water partition coefficient (Wildman–Crippen LogP) is 3.24. The normalized spacial score (nSPS) is 10.6. The summed E-state index contributed by atoms with van der Waals surface area (Å²) in [7, 11) is 1.64. The Labute approximate surface area is 99.0 Å². The fraction of sp³-hybridized carbons (Fsp3) is 0.0714. The van der Waals surface area contributed by atoms with Crippen LogP contribution in [0.3, 0.4) is 0 Å². The second-order valence-electron chi connectivity index (χ2n) is 3.84. The van der Waals surface area contributed by atoms with Gasteiger partial charge in [0, 0.05) is 0 Å². The van der Waals surface area contributed by atoms with E-state index in [2.05, 4.69) is 34.5 Å². The molecule has 1 aromatic heterocycles. The fourth-order valence-corrected chi connectivity index (χ4v) is 2.08. The van der Waals surface area contributed by atoms with Crippen LogP contribution < -0.4 is 4.74 Å². The zero-order chi connectivity index (χ0) is 11.7. The first-order valence-corrected chi connectivity index (χ1v) is 5.45. The Hall–Kier alpha value is -2.29. The lowest BCUT2D eigenvalue weighted by atomic mass is 10.0. The minimum Gasteiger partial charge on any atom is -0.481 e. The van der Waals surface area contributed by atoms with Gasteiger partial charge in [-0.2, -0.15) is 5.10 Å². The molecule has 0 radical (unpaired) electrons. The molecule has 0 aliphatic carbocycles. The summed E-state index contributed by atoms with van der Waals surface area (Å²) in [6.45, 7) is 0. The quantitative estimate of drug-likeness (QED) is 0.725. The molecule has 0 bridgehead atoms. The third-order valence-electron chi connectivity index (χ3n) is 2.89. The molecule has 0 spiro atoms. The summed E-state index contributed by atoms with van der Waals surface area (Å²) < 4.78 is 5.27. The predicted molar refractivity (Wildman–Crippen MR) is 68.1 cm³/mol. The lowest BCUT2D eigenvalue weighted by molar-refractivity contribution is 0.398. The van der Waals surface area contributed by atoms with Crippen LogP contribution in [0.25, 0.3) is 21.9 Å². The van der Waals surface area contributed by atoms with Crippen molar-refractivity contribution in [3.63, 3.8) is 0 Å². The first kappa shape index (κ1) is 9.90. The second kappa shape index (κ2) is 3.94. The van der Waals surface area contributed by atoms with Crippen molar-refractivity contribution < 1.29 is 4.74 Å². The highest BCUT2D eigenvalue weighted by Gasteiger charge is 2.10. The van der Waals surface area contributed by atoms with Gasteiger partial charge in [-0.1, -0.05) is 42.5 Å². The standard InChI is InChI=1S/C14H12N2O/c1-17-14-13(9-15-16-14)12-8-4-6-10-5-2-3-7-11(10)12/h2-9H,1H3,(H,15,16). The molecule has 0 aliphatic rings. The lowest BCUT2D eigenvalue weighted by Crippen LogP contribution is -1.86. The number of nitrogens with one attached hydrogen (secondary N) is 1. The highest BCUT2D eigenvalue weighted by atomic mass is 16.5. The van der Waals surface area contributed by atoms with Gasteiger partial charge in [0.05, 0.1) is 18.9 Å². The largest absolute Gasteiger partial charge is 0.481 e. The van der Waals surface area contributed by atoms with Crippen LogP contribution in [-0.2, 0) is 0 Å². The lowest BCUT2D eigenvalue weighted by Gasteiger charge is -2.06. The number of fused-ring (bicyclic) bond motifs is 1. The van der Waals surface area contributed by atoms with E-state index in [1.54, 1.807) is 13.3 Å². The number of nitrogens with zero attached hydrogens (tertiary/aromatic N) is 1. The van der Waals surface area contributed by atoms with Crippen molar-refractivity contribution in [1.29, 1.82) is 0 Å². The van der Waals surface area contributed by atoms with Crippen molar-refractivity contribution in [2.75, 3.05) is 7.11 Å². The number of benzene rings is 2. The van der Waals surface area contributed by atoms with Crippen molar-refractivity contribution in [3.8, 4) is 17.0 Å². The van der Waals surface area contributed by atoms with Gasteiger partial charge in [-0.3, -0.25) is 0 Å². The molecule has 3 nitrogen and oxygen atoms in total. The number of methoxy groups -OCH3 is 1. The summed E-state index contributed by atoms with van der Waals surface area (Å²) in [5, 5.41) is 9.29. The smallest absolute Gasteiger partial charge is 0.216 e. The zero-order valence-electron chi connectivity index (χ0n) is 9.47. The van der Waals surface area contributed by atoms with Crippen LogP contribution in [0.1, 0.15) is 0 Å². The molecule has 0 saturated carbocycles. The molecule has 2 aromatic carbocycles. The van der Waals surface area contributed by atoms with Crippen LogP contribution in [0.4, 0.5) is 0 Å². The van der Waals surface area contributed by atoms with E-state index in [0.29, 0.717) is 5.88 Å². The molecule has 0 amide bonds. The Balaban J connectivity index is 2.31. The van der Waals surface area contributed by atoms with Gasteiger partial charge in [0.25, 0.3) is 0 Å². The molecular formula is C14H12N2O. The molecule has 3 aromatic rings. The number of hydrogen-bond donors (Lipinski definition) is 1. The minimum absolute atomic E-state index is 0.696. The summed E-state index contributed by atoms with van der Waals surface area (Å²) in [5.74, 6) is 0.696. The highest BCUT2D eigenvalue weighted by Crippen LogP contribution is 2.33. The van der Waals surface area contributed by atoms with Crippen LogP contribution >= 0.6 is 0 Å². The first-order chi connectivity index (χ1) is 8.40. The Morgan fingerprint density at radius 1 is 1.00 bits per heavy atom. The molecule has 0 unspecified atom stereocenters. The van der Waals surface area contributed by atoms with Gasteiger partial charge in [-0.05, 0) is 16.3 Å².